The van der Waals surface area contributed by atoms with Crippen molar-refractivity contribution in [2.24, 2.45) is 0 Å². The van der Waals surface area contributed by atoms with Crippen LogP contribution >= 0.6 is 0 Å². The SMILES string of the molecule is Cc1c(C(=O)N2CCC(c3nnc4ccccn34)CC2)cccc1[N+](=O)[O-]. The Kier molecular flexibility index (Phi) is 4.31. The molecule has 0 bridgehead atoms. The fourth-order valence-corrected chi connectivity index (χ4v) is 3.70. The molecule has 1 aliphatic heterocycles. The molecule has 0 saturated carbocycles. The van der Waals surface area contributed by atoms with Gasteiger partial charge in [0, 0.05) is 42.4 Å². The predicted molar refractivity (Wildman–Crippen MR) is 98.7 cm³/mol. The third kappa shape index (κ3) is 3.03. The lowest BCUT2D eigenvalue weighted by molar-refractivity contribution is -0.385. The van der Waals surface area contributed by atoms with E-state index in [1.807, 2.05) is 28.8 Å². The van der Waals surface area contributed by atoms with Crippen molar-refractivity contribution < 1.29 is 9.72 Å². The first-order valence-electron chi connectivity index (χ1n) is 8.89. The minimum atomic E-state index is -0.450. The van der Waals surface area contributed by atoms with E-state index in [1.165, 1.54) is 6.07 Å². The molecule has 1 amide bonds. The van der Waals surface area contributed by atoms with Crippen LogP contribution in [-0.4, -0.2) is 43.4 Å². The van der Waals surface area contributed by atoms with Gasteiger partial charge in [0.25, 0.3) is 11.6 Å². The van der Waals surface area contributed by atoms with E-state index in [0.29, 0.717) is 24.2 Å². The Bertz CT molecular complexity index is 1020. The van der Waals surface area contributed by atoms with Gasteiger partial charge < -0.3 is 4.90 Å². The van der Waals surface area contributed by atoms with Gasteiger partial charge in [-0.3, -0.25) is 19.3 Å². The quantitative estimate of drug-likeness (QED) is 0.525. The highest BCUT2D eigenvalue weighted by atomic mass is 16.6. The molecule has 1 aromatic carbocycles. The summed E-state index contributed by atoms with van der Waals surface area (Å²) in [5, 5.41) is 19.6. The lowest BCUT2D eigenvalue weighted by Gasteiger charge is -2.31. The second-order valence-electron chi connectivity index (χ2n) is 6.76. The van der Waals surface area contributed by atoms with Gasteiger partial charge in [-0.2, -0.15) is 0 Å². The highest BCUT2D eigenvalue weighted by Crippen LogP contribution is 2.29. The normalized spacial score (nSPS) is 15.2. The number of pyridine rings is 1. The summed E-state index contributed by atoms with van der Waals surface area (Å²) >= 11 is 0. The van der Waals surface area contributed by atoms with E-state index in [9.17, 15) is 14.9 Å². The van der Waals surface area contributed by atoms with Crippen LogP contribution in [0.4, 0.5) is 5.69 Å². The van der Waals surface area contributed by atoms with E-state index in [1.54, 1.807) is 24.0 Å². The molecule has 3 aromatic rings. The lowest BCUT2D eigenvalue weighted by atomic mass is 9.95. The maximum atomic E-state index is 12.9. The molecule has 4 rings (SSSR count). The maximum absolute atomic E-state index is 12.9. The van der Waals surface area contributed by atoms with Crippen molar-refractivity contribution >= 4 is 17.2 Å². The second kappa shape index (κ2) is 6.79. The van der Waals surface area contributed by atoms with E-state index in [2.05, 4.69) is 10.2 Å². The van der Waals surface area contributed by atoms with E-state index in [-0.39, 0.29) is 17.5 Å². The first kappa shape index (κ1) is 17.1. The molecule has 0 unspecified atom stereocenters. The van der Waals surface area contributed by atoms with Gasteiger partial charge in [0.05, 0.1) is 4.92 Å². The van der Waals surface area contributed by atoms with Crippen LogP contribution in [0.25, 0.3) is 5.65 Å². The number of hydrogen-bond acceptors (Lipinski definition) is 5. The smallest absolute Gasteiger partial charge is 0.273 e. The van der Waals surface area contributed by atoms with Gasteiger partial charge in [0.15, 0.2) is 5.65 Å². The Labute approximate surface area is 155 Å². The molecule has 0 atom stereocenters. The predicted octanol–water partition coefficient (Wildman–Crippen LogP) is 2.97. The van der Waals surface area contributed by atoms with Crippen molar-refractivity contribution in [3.8, 4) is 0 Å². The van der Waals surface area contributed by atoms with Crippen molar-refractivity contribution in [1.29, 1.82) is 0 Å². The van der Waals surface area contributed by atoms with Crippen molar-refractivity contribution in [3.63, 3.8) is 0 Å². The number of benzene rings is 1. The van der Waals surface area contributed by atoms with Gasteiger partial charge in [0.1, 0.15) is 5.82 Å². The van der Waals surface area contributed by atoms with Gasteiger partial charge >= 0.3 is 0 Å². The van der Waals surface area contributed by atoms with Gasteiger partial charge in [-0.1, -0.05) is 12.1 Å². The van der Waals surface area contributed by atoms with Crippen LogP contribution in [0.1, 0.15) is 40.5 Å². The zero-order valence-electron chi connectivity index (χ0n) is 14.9. The number of nitro groups is 1. The Morgan fingerprint density at radius 2 is 1.93 bits per heavy atom. The van der Waals surface area contributed by atoms with Crippen molar-refractivity contribution in [2.45, 2.75) is 25.7 Å². The number of carbonyl (C=O) groups excluding carboxylic acids is 1. The molecule has 0 spiro atoms. The van der Waals surface area contributed by atoms with Crippen LogP contribution in [0.5, 0.6) is 0 Å². The molecule has 27 heavy (non-hydrogen) atoms. The number of aromatic nitrogens is 3. The van der Waals surface area contributed by atoms with Crippen LogP contribution < -0.4 is 0 Å². The van der Waals surface area contributed by atoms with Gasteiger partial charge in [-0.05, 0) is 38.0 Å². The molecule has 0 aliphatic carbocycles. The summed E-state index contributed by atoms with van der Waals surface area (Å²) in [6, 6.07) is 10.4. The molecule has 8 heteroatoms. The van der Waals surface area contributed by atoms with E-state index in [4.69, 9.17) is 0 Å². The van der Waals surface area contributed by atoms with Crippen LogP contribution in [0.3, 0.4) is 0 Å². The molecule has 0 N–H and O–H groups in total. The molecule has 3 heterocycles. The standard InChI is InChI=1S/C19H19N5O3/c1-13-15(5-4-6-16(13)24(26)27)19(25)22-11-8-14(9-12-22)18-21-20-17-7-2-3-10-23(17)18/h2-7,10,14H,8-9,11-12H2,1H3. The Morgan fingerprint density at radius 3 is 2.67 bits per heavy atom. The van der Waals surface area contributed by atoms with Crippen LogP contribution in [0.2, 0.25) is 0 Å². The number of fused-ring (bicyclic) bond motifs is 1. The van der Waals surface area contributed by atoms with Gasteiger partial charge in [-0.15, -0.1) is 10.2 Å². The van der Waals surface area contributed by atoms with E-state index < -0.39 is 4.92 Å². The Balaban J connectivity index is 1.50. The summed E-state index contributed by atoms with van der Waals surface area (Å²) in [4.78, 5) is 25.3. The fraction of sp³-hybridized carbons (Fsp3) is 0.316. The number of hydrogen-bond donors (Lipinski definition) is 0. The summed E-state index contributed by atoms with van der Waals surface area (Å²) in [7, 11) is 0. The maximum Gasteiger partial charge on any atom is 0.273 e. The lowest BCUT2D eigenvalue weighted by Crippen LogP contribution is -2.38. The number of piperidine rings is 1. The van der Waals surface area contributed by atoms with Crippen LogP contribution in [0, 0.1) is 17.0 Å². The highest BCUT2D eigenvalue weighted by molar-refractivity contribution is 5.96. The van der Waals surface area contributed by atoms with Crippen molar-refractivity contribution in [2.75, 3.05) is 13.1 Å². The molecule has 0 radical (unpaired) electrons. The number of nitrogens with zero attached hydrogens (tertiary/aromatic N) is 5. The summed E-state index contributed by atoms with van der Waals surface area (Å²) < 4.78 is 1.99. The first-order chi connectivity index (χ1) is 13.1. The summed E-state index contributed by atoms with van der Waals surface area (Å²) in [5.74, 6) is 1.00. The Morgan fingerprint density at radius 1 is 1.15 bits per heavy atom. The summed E-state index contributed by atoms with van der Waals surface area (Å²) in [6.07, 6.45) is 3.53. The average molecular weight is 365 g/mol. The molecule has 8 nitrogen and oxygen atoms in total. The van der Waals surface area contributed by atoms with Crippen LogP contribution in [-0.2, 0) is 0 Å². The van der Waals surface area contributed by atoms with Gasteiger partial charge in [0.2, 0.25) is 0 Å². The Hall–Kier alpha value is -3.29. The first-order valence-corrected chi connectivity index (χ1v) is 8.89. The topological polar surface area (TPSA) is 93.6 Å². The van der Waals surface area contributed by atoms with Crippen LogP contribution in [0.15, 0.2) is 42.6 Å². The highest BCUT2D eigenvalue weighted by Gasteiger charge is 2.29. The molecule has 2 aromatic heterocycles. The third-order valence-corrected chi connectivity index (χ3v) is 5.22. The van der Waals surface area contributed by atoms with Crippen molar-refractivity contribution in [3.05, 3.63) is 69.7 Å². The summed E-state index contributed by atoms with van der Waals surface area (Å²) in [6.45, 7) is 2.81. The average Bonchev–Trinajstić information content (AvgIpc) is 3.12. The minimum absolute atomic E-state index is 0.0225. The number of carbonyl (C=O) groups is 1. The molecular formula is C19H19N5O3. The van der Waals surface area contributed by atoms with Crippen molar-refractivity contribution in [1.82, 2.24) is 19.5 Å². The molecular weight excluding hydrogens is 346 g/mol. The number of nitro benzene ring substituents is 1. The fourth-order valence-electron chi connectivity index (χ4n) is 3.70. The molecule has 1 saturated heterocycles. The third-order valence-electron chi connectivity index (χ3n) is 5.22. The molecule has 1 fully saturated rings. The largest absolute Gasteiger partial charge is 0.339 e. The second-order valence-corrected chi connectivity index (χ2v) is 6.76. The number of rotatable bonds is 3. The monoisotopic (exact) mass is 365 g/mol. The van der Waals surface area contributed by atoms with E-state index >= 15 is 0 Å². The van der Waals surface area contributed by atoms with E-state index in [0.717, 1.165) is 24.3 Å². The zero-order valence-corrected chi connectivity index (χ0v) is 14.9. The summed E-state index contributed by atoms with van der Waals surface area (Å²) in [5.41, 5.74) is 1.61. The molecule has 138 valence electrons. The molecule has 1 aliphatic rings. The number of amides is 1. The zero-order chi connectivity index (χ0) is 19.0. The number of likely N-dealkylation sites (tertiary alicyclic amines) is 1. The van der Waals surface area contributed by atoms with Gasteiger partial charge in [-0.25, -0.2) is 0 Å². The minimum Gasteiger partial charge on any atom is -0.339 e.